The highest BCUT2D eigenvalue weighted by molar-refractivity contribution is 5.27. The molecule has 1 aliphatic rings. The van der Waals surface area contributed by atoms with Gasteiger partial charge in [-0.05, 0) is 37.2 Å². The minimum atomic E-state index is 0.598. The second kappa shape index (κ2) is 9.79. The summed E-state index contributed by atoms with van der Waals surface area (Å²) in [6, 6.07) is 8.40. The van der Waals surface area contributed by atoms with Crippen LogP contribution in [0.2, 0.25) is 0 Å². The molecule has 0 atom stereocenters. The van der Waals surface area contributed by atoms with Crippen LogP contribution in [0, 0.1) is 0 Å². The van der Waals surface area contributed by atoms with E-state index in [-0.39, 0.29) is 0 Å². The largest absolute Gasteiger partial charge is 0.491 e. The Labute approximate surface area is 134 Å². The fraction of sp³-hybridized carbons (Fsp3) is 0.647. The van der Waals surface area contributed by atoms with Crippen molar-refractivity contribution in [3.63, 3.8) is 0 Å². The SMILES string of the molecule is COCCOc1ccc(CN2CCN(CCCN)CC2)cc1. The molecule has 5 nitrogen and oxygen atoms in total. The van der Waals surface area contributed by atoms with Gasteiger partial charge in [-0.3, -0.25) is 4.90 Å². The van der Waals surface area contributed by atoms with Gasteiger partial charge in [0, 0.05) is 39.8 Å². The molecule has 0 aromatic heterocycles. The lowest BCUT2D eigenvalue weighted by Gasteiger charge is -2.34. The number of nitrogens with zero attached hydrogens (tertiary/aromatic N) is 2. The van der Waals surface area contributed by atoms with Gasteiger partial charge in [0.2, 0.25) is 0 Å². The first-order valence-electron chi connectivity index (χ1n) is 8.17. The third-order valence-corrected chi connectivity index (χ3v) is 4.03. The van der Waals surface area contributed by atoms with Crippen molar-refractivity contribution < 1.29 is 9.47 Å². The van der Waals surface area contributed by atoms with Crippen LogP contribution >= 0.6 is 0 Å². The van der Waals surface area contributed by atoms with Crippen molar-refractivity contribution in [1.82, 2.24) is 9.80 Å². The molecule has 1 fully saturated rings. The standard InChI is InChI=1S/C17H29N3O2/c1-21-13-14-22-17-5-3-16(4-6-17)15-20-11-9-19(10-12-20)8-2-7-18/h3-6H,2,7-15,18H2,1H3. The van der Waals surface area contributed by atoms with Crippen LogP contribution in [0.15, 0.2) is 24.3 Å². The van der Waals surface area contributed by atoms with Gasteiger partial charge >= 0.3 is 0 Å². The van der Waals surface area contributed by atoms with E-state index >= 15 is 0 Å². The molecule has 22 heavy (non-hydrogen) atoms. The molecule has 0 spiro atoms. The zero-order valence-corrected chi connectivity index (χ0v) is 13.7. The van der Waals surface area contributed by atoms with Crippen LogP contribution in [0.5, 0.6) is 5.75 Å². The Bertz CT molecular complexity index is 403. The Morgan fingerprint density at radius 3 is 2.32 bits per heavy atom. The summed E-state index contributed by atoms with van der Waals surface area (Å²) in [7, 11) is 1.68. The van der Waals surface area contributed by atoms with Gasteiger partial charge in [-0.25, -0.2) is 0 Å². The molecule has 0 radical (unpaired) electrons. The number of ether oxygens (including phenoxy) is 2. The maximum absolute atomic E-state index is 5.59. The summed E-state index contributed by atoms with van der Waals surface area (Å²) in [6.07, 6.45) is 1.10. The molecule has 0 unspecified atom stereocenters. The Hall–Kier alpha value is -1.14. The smallest absolute Gasteiger partial charge is 0.119 e. The number of benzene rings is 1. The minimum absolute atomic E-state index is 0.598. The second-order valence-corrected chi connectivity index (χ2v) is 5.75. The van der Waals surface area contributed by atoms with E-state index in [9.17, 15) is 0 Å². The van der Waals surface area contributed by atoms with Crippen LogP contribution in [-0.4, -0.2) is 69.4 Å². The van der Waals surface area contributed by atoms with Crippen LogP contribution in [0.4, 0.5) is 0 Å². The Morgan fingerprint density at radius 2 is 1.68 bits per heavy atom. The molecule has 1 heterocycles. The average molecular weight is 307 g/mol. The maximum atomic E-state index is 5.59. The molecule has 5 heteroatoms. The number of nitrogens with two attached hydrogens (primary N) is 1. The Morgan fingerprint density at radius 1 is 1.00 bits per heavy atom. The number of rotatable bonds is 9. The average Bonchev–Trinajstić information content (AvgIpc) is 2.56. The predicted molar refractivity (Wildman–Crippen MR) is 89.2 cm³/mol. The molecule has 0 bridgehead atoms. The molecular weight excluding hydrogens is 278 g/mol. The highest BCUT2D eigenvalue weighted by Crippen LogP contribution is 2.14. The summed E-state index contributed by atoms with van der Waals surface area (Å²) in [5, 5.41) is 0. The van der Waals surface area contributed by atoms with E-state index in [0.29, 0.717) is 13.2 Å². The van der Waals surface area contributed by atoms with Crippen molar-refractivity contribution in [3.05, 3.63) is 29.8 Å². The van der Waals surface area contributed by atoms with E-state index in [0.717, 1.165) is 58.0 Å². The molecule has 0 amide bonds. The molecule has 1 aromatic carbocycles. The Kier molecular flexibility index (Phi) is 7.66. The van der Waals surface area contributed by atoms with E-state index in [1.165, 1.54) is 5.56 Å². The lowest BCUT2D eigenvalue weighted by atomic mass is 10.2. The van der Waals surface area contributed by atoms with Crippen LogP contribution < -0.4 is 10.5 Å². The van der Waals surface area contributed by atoms with E-state index in [1.54, 1.807) is 7.11 Å². The van der Waals surface area contributed by atoms with E-state index < -0.39 is 0 Å². The monoisotopic (exact) mass is 307 g/mol. The summed E-state index contributed by atoms with van der Waals surface area (Å²) >= 11 is 0. The molecule has 0 aliphatic carbocycles. The lowest BCUT2D eigenvalue weighted by Crippen LogP contribution is -2.46. The van der Waals surface area contributed by atoms with Crippen LogP contribution in [0.25, 0.3) is 0 Å². The normalized spacial score (nSPS) is 16.8. The van der Waals surface area contributed by atoms with Crippen molar-refractivity contribution >= 4 is 0 Å². The highest BCUT2D eigenvalue weighted by Gasteiger charge is 2.16. The molecule has 1 aromatic rings. The molecule has 124 valence electrons. The van der Waals surface area contributed by atoms with Crippen molar-refractivity contribution in [1.29, 1.82) is 0 Å². The van der Waals surface area contributed by atoms with Crippen LogP contribution in [-0.2, 0) is 11.3 Å². The zero-order chi connectivity index (χ0) is 15.6. The van der Waals surface area contributed by atoms with Gasteiger partial charge in [-0.15, -0.1) is 0 Å². The fourth-order valence-corrected chi connectivity index (χ4v) is 2.68. The summed E-state index contributed by atoms with van der Waals surface area (Å²) in [4.78, 5) is 5.02. The van der Waals surface area contributed by atoms with Crippen LogP contribution in [0.1, 0.15) is 12.0 Å². The van der Waals surface area contributed by atoms with Crippen molar-refractivity contribution in [2.45, 2.75) is 13.0 Å². The fourth-order valence-electron chi connectivity index (χ4n) is 2.68. The maximum Gasteiger partial charge on any atom is 0.119 e. The second-order valence-electron chi connectivity index (χ2n) is 5.75. The van der Waals surface area contributed by atoms with Crippen LogP contribution in [0.3, 0.4) is 0 Å². The third-order valence-electron chi connectivity index (χ3n) is 4.03. The van der Waals surface area contributed by atoms with E-state index in [2.05, 4.69) is 21.9 Å². The lowest BCUT2D eigenvalue weighted by molar-refractivity contribution is 0.126. The summed E-state index contributed by atoms with van der Waals surface area (Å²) in [6.45, 7) is 8.74. The first-order chi connectivity index (χ1) is 10.8. The number of hydrogen-bond acceptors (Lipinski definition) is 5. The van der Waals surface area contributed by atoms with Gasteiger partial charge in [0.15, 0.2) is 0 Å². The molecule has 1 saturated heterocycles. The van der Waals surface area contributed by atoms with Gasteiger partial charge in [0.1, 0.15) is 12.4 Å². The number of methoxy groups -OCH3 is 1. The molecule has 2 N–H and O–H groups in total. The zero-order valence-electron chi connectivity index (χ0n) is 13.7. The topological polar surface area (TPSA) is 51.0 Å². The van der Waals surface area contributed by atoms with E-state index in [4.69, 9.17) is 15.2 Å². The highest BCUT2D eigenvalue weighted by atomic mass is 16.5. The third kappa shape index (κ3) is 5.93. The molecule has 1 aliphatic heterocycles. The quantitative estimate of drug-likeness (QED) is 0.694. The predicted octanol–water partition coefficient (Wildman–Crippen LogP) is 1.18. The van der Waals surface area contributed by atoms with Crippen molar-refractivity contribution in [2.75, 3.05) is 59.6 Å². The number of hydrogen-bond donors (Lipinski definition) is 1. The minimum Gasteiger partial charge on any atom is -0.491 e. The Balaban J connectivity index is 1.70. The van der Waals surface area contributed by atoms with Crippen molar-refractivity contribution in [3.8, 4) is 5.75 Å². The molecule has 0 saturated carbocycles. The summed E-state index contributed by atoms with van der Waals surface area (Å²) in [5.41, 5.74) is 6.91. The van der Waals surface area contributed by atoms with Gasteiger partial charge in [-0.1, -0.05) is 12.1 Å². The van der Waals surface area contributed by atoms with Gasteiger partial charge in [0.05, 0.1) is 6.61 Å². The summed E-state index contributed by atoms with van der Waals surface area (Å²) in [5.74, 6) is 0.910. The summed E-state index contributed by atoms with van der Waals surface area (Å²) < 4.78 is 10.6. The molecule has 2 rings (SSSR count). The first-order valence-corrected chi connectivity index (χ1v) is 8.17. The van der Waals surface area contributed by atoms with Gasteiger partial charge in [0.25, 0.3) is 0 Å². The van der Waals surface area contributed by atoms with E-state index in [1.807, 2.05) is 12.1 Å². The molecular formula is C17H29N3O2. The first kappa shape index (κ1) is 17.2. The number of piperazine rings is 1. The van der Waals surface area contributed by atoms with Gasteiger partial charge in [-0.2, -0.15) is 0 Å². The van der Waals surface area contributed by atoms with Gasteiger partial charge < -0.3 is 20.1 Å². The van der Waals surface area contributed by atoms with Crippen molar-refractivity contribution in [2.24, 2.45) is 5.73 Å².